The largest absolute Gasteiger partial charge is 0.326 e. The number of halogens is 1. The fraction of sp³-hybridized carbons (Fsp3) is 0. The van der Waals surface area contributed by atoms with Crippen LogP contribution in [0, 0.1) is 0 Å². The molecule has 7 heteroatoms. The summed E-state index contributed by atoms with van der Waals surface area (Å²) in [7, 11) is 0. The maximum absolute atomic E-state index is 11.1. The number of carbonyl (C=O) groups excluding carboxylic acids is 2. The Balaban J connectivity index is 2.31. The van der Waals surface area contributed by atoms with Gasteiger partial charge in [0.15, 0.2) is 0 Å². The fourth-order valence-electron chi connectivity index (χ4n) is 1.06. The van der Waals surface area contributed by atoms with Crippen LogP contribution in [0.3, 0.4) is 0 Å². The molecule has 0 saturated carbocycles. The second-order valence-electron chi connectivity index (χ2n) is 2.72. The molecule has 1 aliphatic rings. The third kappa shape index (κ3) is 2.10. The zero-order valence-corrected chi connectivity index (χ0v) is 8.08. The summed E-state index contributed by atoms with van der Waals surface area (Å²) in [5, 5.41) is 4.48. The van der Waals surface area contributed by atoms with Crippen LogP contribution in [0.25, 0.3) is 6.08 Å². The molecule has 0 bridgehead atoms. The Labute approximate surface area is 89.4 Å². The number of amides is 3. The molecule has 6 nitrogen and oxygen atoms in total. The van der Waals surface area contributed by atoms with Crippen LogP contribution >= 0.6 is 11.6 Å². The molecule has 2 rings (SSSR count). The van der Waals surface area contributed by atoms with Crippen molar-refractivity contribution < 1.29 is 9.59 Å². The van der Waals surface area contributed by atoms with Gasteiger partial charge in [-0.15, -0.1) is 0 Å². The Morgan fingerprint density at radius 2 is 2.13 bits per heavy atom. The van der Waals surface area contributed by atoms with Gasteiger partial charge in [0, 0.05) is 6.20 Å². The summed E-state index contributed by atoms with van der Waals surface area (Å²) in [6, 6.07) is 1.02. The van der Waals surface area contributed by atoms with Gasteiger partial charge in [-0.3, -0.25) is 10.1 Å². The van der Waals surface area contributed by atoms with E-state index in [0.29, 0.717) is 5.69 Å². The van der Waals surface area contributed by atoms with Gasteiger partial charge < -0.3 is 5.32 Å². The van der Waals surface area contributed by atoms with Crippen LogP contribution in [0.1, 0.15) is 5.69 Å². The average molecular weight is 225 g/mol. The molecular formula is C8H5ClN4O2. The molecule has 1 saturated heterocycles. The van der Waals surface area contributed by atoms with E-state index in [2.05, 4.69) is 20.6 Å². The summed E-state index contributed by atoms with van der Waals surface area (Å²) in [5.74, 6) is -0.491. The van der Waals surface area contributed by atoms with E-state index < -0.39 is 11.9 Å². The Kier molecular flexibility index (Phi) is 2.34. The normalized spacial score (nSPS) is 17.8. The second-order valence-corrected chi connectivity index (χ2v) is 3.05. The first-order valence-corrected chi connectivity index (χ1v) is 4.35. The second kappa shape index (κ2) is 3.66. The Bertz CT molecular complexity index is 471. The summed E-state index contributed by atoms with van der Waals surface area (Å²) in [4.78, 5) is 29.4. The highest BCUT2D eigenvalue weighted by molar-refractivity contribution is 6.28. The molecule has 2 heterocycles. The van der Waals surface area contributed by atoms with Gasteiger partial charge in [0.2, 0.25) is 5.28 Å². The molecule has 76 valence electrons. The number of urea groups is 1. The quantitative estimate of drug-likeness (QED) is 0.409. The van der Waals surface area contributed by atoms with Gasteiger partial charge in [0.25, 0.3) is 5.91 Å². The molecule has 0 spiro atoms. The number of rotatable bonds is 1. The van der Waals surface area contributed by atoms with Crippen molar-refractivity contribution in [2.24, 2.45) is 0 Å². The van der Waals surface area contributed by atoms with E-state index in [1.165, 1.54) is 12.3 Å². The van der Waals surface area contributed by atoms with Crippen molar-refractivity contribution in [2.75, 3.05) is 0 Å². The molecular weight excluding hydrogens is 220 g/mol. The third-order valence-electron chi connectivity index (χ3n) is 1.66. The van der Waals surface area contributed by atoms with E-state index in [1.807, 2.05) is 0 Å². The fourth-order valence-corrected chi connectivity index (χ4v) is 1.21. The van der Waals surface area contributed by atoms with Crippen molar-refractivity contribution in [3.8, 4) is 0 Å². The zero-order chi connectivity index (χ0) is 10.8. The van der Waals surface area contributed by atoms with E-state index >= 15 is 0 Å². The highest BCUT2D eigenvalue weighted by atomic mass is 35.5. The molecule has 1 aromatic heterocycles. The molecule has 0 unspecified atom stereocenters. The number of carbonyl (C=O) groups is 2. The number of nitrogens with one attached hydrogen (secondary N) is 2. The number of hydrogen-bond acceptors (Lipinski definition) is 4. The summed E-state index contributed by atoms with van der Waals surface area (Å²) in [5.41, 5.74) is 0.581. The summed E-state index contributed by atoms with van der Waals surface area (Å²) in [6.45, 7) is 0. The van der Waals surface area contributed by atoms with Gasteiger partial charge >= 0.3 is 6.03 Å². The lowest BCUT2D eigenvalue weighted by molar-refractivity contribution is -0.115. The van der Waals surface area contributed by atoms with Crippen LogP contribution in [0.4, 0.5) is 4.79 Å². The van der Waals surface area contributed by atoms with E-state index in [9.17, 15) is 9.59 Å². The SMILES string of the molecule is O=C1NC(=O)C(=Cc2ccnc(Cl)n2)N1. The topological polar surface area (TPSA) is 84.0 Å². The number of imide groups is 1. The van der Waals surface area contributed by atoms with Gasteiger partial charge in [-0.05, 0) is 23.7 Å². The van der Waals surface area contributed by atoms with Gasteiger partial charge in [-0.25, -0.2) is 14.8 Å². The lowest BCUT2D eigenvalue weighted by Crippen LogP contribution is -2.22. The van der Waals surface area contributed by atoms with Crippen molar-refractivity contribution in [3.63, 3.8) is 0 Å². The van der Waals surface area contributed by atoms with Gasteiger partial charge in [0.05, 0.1) is 5.69 Å². The molecule has 1 aliphatic heterocycles. The molecule has 1 aromatic rings. The maximum Gasteiger partial charge on any atom is 0.326 e. The Morgan fingerprint density at radius 1 is 1.33 bits per heavy atom. The lowest BCUT2D eigenvalue weighted by Gasteiger charge is -1.94. The van der Waals surface area contributed by atoms with Crippen molar-refractivity contribution in [1.82, 2.24) is 20.6 Å². The molecule has 0 radical (unpaired) electrons. The standard InChI is InChI=1S/C8H5ClN4O2/c9-7-10-2-1-4(11-7)3-5-6(14)13-8(15)12-5/h1-3H,(H2,12,13,14,15). The molecule has 1 fully saturated rings. The molecule has 0 aromatic carbocycles. The van der Waals surface area contributed by atoms with E-state index in [-0.39, 0.29) is 11.0 Å². The van der Waals surface area contributed by atoms with Crippen molar-refractivity contribution in [3.05, 3.63) is 28.9 Å². The zero-order valence-electron chi connectivity index (χ0n) is 7.32. The molecule has 0 aliphatic carbocycles. The minimum absolute atomic E-state index is 0.0779. The van der Waals surface area contributed by atoms with Gasteiger partial charge in [-0.1, -0.05) is 0 Å². The first-order valence-electron chi connectivity index (χ1n) is 3.98. The lowest BCUT2D eigenvalue weighted by atomic mass is 10.3. The van der Waals surface area contributed by atoms with Gasteiger partial charge in [-0.2, -0.15) is 0 Å². The van der Waals surface area contributed by atoms with Crippen LogP contribution in [0.5, 0.6) is 0 Å². The first kappa shape index (κ1) is 9.60. The summed E-state index contributed by atoms with van der Waals surface area (Å²) in [6.07, 6.45) is 2.87. The number of aromatic nitrogens is 2. The first-order chi connectivity index (χ1) is 7.15. The van der Waals surface area contributed by atoms with Crippen LogP contribution < -0.4 is 10.6 Å². The smallest absolute Gasteiger partial charge is 0.303 e. The highest BCUT2D eigenvalue weighted by Gasteiger charge is 2.22. The maximum atomic E-state index is 11.1. The van der Waals surface area contributed by atoms with Gasteiger partial charge in [0.1, 0.15) is 5.70 Å². The van der Waals surface area contributed by atoms with Crippen molar-refractivity contribution >= 4 is 29.6 Å². The Morgan fingerprint density at radius 3 is 2.73 bits per heavy atom. The van der Waals surface area contributed by atoms with E-state index in [0.717, 1.165) is 0 Å². The minimum atomic E-state index is -0.550. The third-order valence-corrected chi connectivity index (χ3v) is 1.84. The average Bonchev–Trinajstić information content (AvgIpc) is 2.45. The summed E-state index contributed by atoms with van der Waals surface area (Å²) >= 11 is 5.56. The highest BCUT2D eigenvalue weighted by Crippen LogP contribution is 2.07. The van der Waals surface area contributed by atoms with Crippen LogP contribution in [-0.2, 0) is 4.79 Å². The van der Waals surface area contributed by atoms with Crippen LogP contribution in [0.15, 0.2) is 18.0 Å². The molecule has 15 heavy (non-hydrogen) atoms. The predicted octanol–water partition coefficient (Wildman–Crippen LogP) is 0.310. The minimum Gasteiger partial charge on any atom is -0.303 e. The number of hydrogen-bond donors (Lipinski definition) is 2. The predicted molar refractivity (Wildman–Crippen MR) is 51.7 cm³/mol. The Hall–Kier alpha value is -1.95. The molecule has 3 amide bonds. The van der Waals surface area contributed by atoms with Crippen molar-refractivity contribution in [1.29, 1.82) is 0 Å². The van der Waals surface area contributed by atoms with Crippen LogP contribution in [0.2, 0.25) is 5.28 Å². The van der Waals surface area contributed by atoms with Crippen LogP contribution in [-0.4, -0.2) is 21.9 Å². The van der Waals surface area contributed by atoms with Crippen molar-refractivity contribution in [2.45, 2.75) is 0 Å². The van der Waals surface area contributed by atoms with E-state index in [1.54, 1.807) is 6.07 Å². The molecule has 0 atom stereocenters. The summed E-state index contributed by atoms with van der Waals surface area (Å²) < 4.78 is 0. The monoisotopic (exact) mass is 224 g/mol. The molecule has 2 N–H and O–H groups in total. The number of nitrogens with zero attached hydrogens (tertiary/aromatic N) is 2. The van der Waals surface area contributed by atoms with E-state index in [4.69, 9.17) is 11.6 Å².